The fourth-order valence-corrected chi connectivity index (χ4v) is 1.65. The number of nitrogens with two attached hydrogens (primary N) is 1. The number of amides is 1. The van der Waals surface area contributed by atoms with Gasteiger partial charge >= 0.3 is 11.9 Å². The molecule has 0 unspecified atom stereocenters. The number of hydrogen-bond donors (Lipinski definition) is 3. The normalized spacial score (nSPS) is 9.91. The molecule has 22 heavy (non-hydrogen) atoms. The first-order valence-electron chi connectivity index (χ1n) is 6.66. The maximum absolute atomic E-state index is 12.0. The molecule has 0 aliphatic heterocycles. The number of esters is 1. The Hall–Kier alpha value is -2.61. The molecule has 0 aromatic heterocycles. The number of rotatable bonds is 8. The van der Waals surface area contributed by atoms with Crippen molar-refractivity contribution in [2.45, 2.75) is 19.8 Å². The number of carboxylic acid groups (broad SMARTS) is 1. The van der Waals surface area contributed by atoms with E-state index < -0.39 is 11.9 Å². The standard InChI is InChI=1S/C14H18N2O6/c1-2-21-11-8-9(13(18)19)5-6-10(11)14(20)22-7-3-4-12(17)16-15/h5-6,8H,2-4,7,15H2,1H3,(H,16,17)(H,18,19). The Morgan fingerprint density at radius 2 is 2.05 bits per heavy atom. The summed E-state index contributed by atoms with van der Waals surface area (Å²) in [5.74, 6) is 2.96. The van der Waals surface area contributed by atoms with E-state index in [1.807, 2.05) is 5.43 Å². The van der Waals surface area contributed by atoms with E-state index in [0.29, 0.717) is 6.42 Å². The van der Waals surface area contributed by atoms with Crippen molar-refractivity contribution in [2.75, 3.05) is 13.2 Å². The van der Waals surface area contributed by atoms with Crippen LogP contribution in [0.4, 0.5) is 0 Å². The lowest BCUT2D eigenvalue weighted by Crippen LogP contribution is -2.29. The van der Waals surface area contributed by atoms with Gasteiger partial charge < -0.3 is 14.6 Å². The summed E-state index contributed by atoms with van der Waals surface area (Å²) in [6.07, 6.45) is 0.464. The highest BCUT2D eigenvalue weighted by Crippen LogP contribution is 2.22. The first-order valence-corrected chi connectivity index (χ1v) is 6.66. The molecular formula is C14H18N2O6. The largest absolute Gasteiger partial charge is 0.493 e. The summed E-state index contributed by atoms with van der Waals surface area (Å²) in [5.41, 5.74) is 2.12. The Bertz CT molecular complexity index is 558. The van der Waals surface area contributed by atoms with Crippen molar-refractivity contribution in [1.82, 2.24) is 5.43 Å². The van der Waals surface area contributed by atoms with Gasteiger partial charge in [-0.3, -0.25) is 10.2 Å². The van der Waals surface area contributed by atoms with Crippen LogP contribution >= 0.6 is 0 Å². The highest BCUT2D eigenvalue weighted by molar-refractivity contribution is 5.95. The van der Waals surface area contributed by atoms with Gasteiger partial charge in [0.1, 0.15) is 11.3 Å². The van der Waals surface area contributed by atoms with E-state index in [9.17, 15) is 14.4 Å². The Labute approximate surface area is 127 Å². The Morgan fingerprint density at radius 3 is 2.64 bits per heavy atom. The van der Waals surface area contributed by atoms with Crippen LogP contribution in [0.5, 0.6) is 5.75 Å². The molecule has 8 heteroatoms. The van der Waals surface area contributed by atoms with Gasteiger partial charge in [-0.15, -0.1) is 0 Å². The third kappa shape index (κ3) is 5.06. The van der Waals surface area contributed by atoms with Crippen LogP contribution in [0.25, 0.3) is 0 Å². The summed E-state index contributed by atoms with van der Waals surface area (Å²) >= 11 is 0. The third-order valence-corrected chi connectivity index (χ3v) is 2.69. The fourth-order valence-electron chi connectivity index (χ4n) is 1.65. The molecule has 1 rings (SSSR count). The van der Waals surface area contributed by atoms with E-state index in [0.717, 1.165) is 0 Å². The molecule has 1 amide bonds. The highest BCUT2D eigenvalue weighted by atomic mass is 16.5. The van der Waals surface area contributed by atoms with Crippen LogP contribution in [0.15, 0.2) is 18.2 Å². The minimum Gasteiger partial charge on any atom is -0.493 e. The molecule has 0 spiro atoms. The number of aromatic carboxylic acids is 1. The third-order valence-electron chi connectivity index (χ3n) is 2.69. The van der Waals surface area contributed by atoms with Gasteiger partial charge in [0.05, 0.1) is 18.8 Å². The topological polar surface area (TPSA) is 128 Å². The molecule has 8 nitrogen and oxygen atoms in total. The number of hydrogen-bond acceptors (Lipinski definition) is 6. The molecule has 0 radical (unpaired) electrons. The second kappa shape index (κ2) is 8.63. The Balaban J connectivity index is 2.71. The highest BCUT2D eigenvalue weighted by Gasteiger charge is 2.16. The summed E-state index contributed by atoms with van der Waals surface area (Å²) < 4.78 is 10.3. The predicted octanol–water partition coefficient (Wildman–Crippen LogP) is 0.710. The summed E-state index contributed by atoms with van der Waals surface area (Å²) in [7, 11) is 0. The summed E-state index contributed by atoms with van der Waals surface area (Å²) in [4.78, 5) is 33.8. The van der Waals surface area contributed by atoms with Gasteiger partial charge in [-0.2, -0.15) is 0 Å². The molecule has 0 aliphatic carbocycles. The monoisotopic (exact) mass is 310 g/mol. The minimum atomic E-state index is -1.12. The zero-order chi connectivity index (χ0) is 16.5. The number of carbonyl (C=O) groups excluding carboxylic acids is 2. The zero-order valence-corrected chi connectivity index (χ0v) is 12.1. The van der Waals surface area contributed by atoms with Crippen LogP contribution in [0.3, 0.4) is 0 Å². The van der Waals surface area contributed by atoms with Gasteiger partial charge in [-0.05, 0) is 31.5 Å². The van der Waals surface area contributed by atoms with Gasteiger partial charge in [0.25, 0.3) is 0 Å². The summed E-state index contributed by atoms with van der Waals surface area (Å²) in [5, 5.41) is 8.94. The van der Waals surface area contributed by atoms with E-state index in [1.165, 1.54) is 18.2 Å². The van der Waals surface area contributed by atoms with Crippen molar-refractivity contribution in [3.63, 3.8) is 0 Å². The molecule has 0 aliphatic rings. The van der Waals surface area contributed by atoms with E-state index >= 15 is 0 Å². The number of benzene rings is 1. The number of nitrogens with one attached hydrogen (secondary N) is 1. The van der Waals surface area contributed by atoms with Crippen LogP contribution in [0, 0.1) is 0 Å². The number of carboxylic acids is 1. The van der Waals surface area contributed by atoms with Crippen molar-refractivity contribution < 1.29 is 29.0 Å². The van der Waals surface area contributed by atoms with Gasteiger partial charge in [-0.1, -0.05) is 0 Å². The van der Waals surface area contributed by atoms with E-state index in [2.05, 4.69) is 0 Å². The van der Waals surface area contributed by atoms with Crippen molar-refractivity contribution >= 4 is 17.8 Å². The first-order chi connectivity index (χ1) is 10.5. The maximum Gasteiger partial charge on any atom is 0.341 e. The van der Waals surface area contributed by atoms with Crippen LogP contribution in [0.1, 0.15) is 40.5 Å². The predicted molar refractivity (Wildman–Crippen MR) is 76.4 cm³/mol. The van der Waals surface area contributed by atoms with Crippen LogP contribution in [-0.4, -0.2) is 36.2 Å². The fraction of sp³-hybridized carbons (Fsp3) is 0.357. The van der Waals surface area contributed by atoms with E-state index in [1.54, 1.807) is 6.92 Å². The van der Waals surface area contributed by atoms with Crippen molar-refractivity contribution in [3.05, 3.63) is 29.3 Å². The van der Waals surface area contributed by atoms with Crippen molar-refractivity contribution in [2.24, 2.45) is 5.84 Å². The lowest BCUT2D eigenvalue weighted by molar-refractivity contribution is -0.121. The first kappa shape index (κ1) is 17.4. The SMILES string of the molecule is CCOc1cc(C(=O)O)ccc1C(=O)OCCCC(=O)NN. The van der Waals surface area contributed by atoms with Gasteiger partial charge in [0.2, 0.25) is 5.91 Å². The molecule has 0 saturated heterocycles. The van der Waals surface area contributed by atoms with E-state index in [4.69, 9.17) is 20.4 Å². The molecule has 4 N–H and O–H groups in total. The van der Waals surface area contributed by atoms with Crippen LogP contribution in [0.2, 0.25) is 0 Å². The number of ether oxygens (including phenoxy) is 2. The Kier molecular flexibility index (Phi) is 6.84. The zero-order valence-electron chi connectivity index (χ0n) is 12.1. The summed E-state index contributed by atoms with van der Waals surface area (Å²) in [6.45, 7) is 2.03. The molecule has 0 atom stereocenters. The minimum absolute atomic E-state index is 0.0135. The molecule has 0 fully saturated rings. The van der Waals surface area contributed by atoms with Crippen LogP contribution < -0.4 is 16.0 Å². The molecule has 0 bridgehead atoms. The smallest absolute Gasteiger partial charge is 0.341 e. The number of carbonyl (C=O) groups is 3. The molecule has 1 aromatic rings. The maximum atomic E-state index is 12.0. The molecule has 120 valence electrons. The van der Waals surface area contributed by atoms with Gasteiger partial charge in [0.15, 0.2) is 0 Å². The number of hydrazine groups is 1. The molecule has 0 saturated carbocycles. The van der Waals surface area contributed by atoms with Crippen LogP contribution in [-0.2, 0) is 9.53 Å². The lowest BCUT2D eigenvalue weighted by Gasteiger charge is -2.11. The summed E-state index contributed by atoms with van der Waals surface area (Å²) in [6, 6.07) is 3.90. The second-order valence-corrected chi connectivity index (χ2v) is 4.26. The average molecular weight is 310 g/mol. The van der Waals surface area contributed by atoms with Gasteiger partial charge in [0, 0.05) is 6.42 Å². The molecule has 0 heterocycles. The van der Waals surface area contributed by atoms with Crippen molar-refractivity contribution in [3.8, 4) is 5.75 Å². The average Bonchev–Trinajstić information content (AvgIpc) is 2.51. The molecule has 1 aromatic carbocycles. The van der Waals surface area contributed by atoms with Crippen molar-refractivity contribution in [1.29, 1.82) is 0 Å². The van der Waals surface area contributed by atoms with E-state index in [-0.39, 0.29) is 42.4 Å². The lowest BCUT2D eigenvalue weighted by atomic mass is 10.1. The quantitative estimate of drug-likeness (QED) is 0.212. The second-order valence-electron chi connectivity index (χ2n) is 4.26. The van der Waals surface area contributed by atoms with Gasteiger partial charge in [-0.25, -0.2) is 15.4 Å². The molecular weight excluding hydrogens is 292 g/mol. The Morgan fingerprint density at radius 1 is 1.32 bits per heavy atom.